The smallest absolute Gasteiger partial charge is 0.320 e. The number of benzene rings is 1. The summed E-state index contributed by atoms with van der Waals surface area (Å²) >= 11 is 1.92. The van der Waals surface area contributed by atoms with E-state index in [0.29, 0.717) is 17.1 Å². The molecule has 7 heteroatoms. The third kappa shape index (κ3) is 3.28. The molecule has 19 heavy (non-hydrogen) atoms. The number of rotatable bonds is 4. The second kappa shape index (κ2) is 6.09. The molecule has 1 aliphatic rings. The van der Waals surface area contributed by atoms with Crippen LogP contribution >= 0.6 is 22.6 Å². The van der Waals surface area contributed by atoms with Crippen LogP contribution in [0, 0.1) is 0 Å². The summed E-state index contributed by atoms with van der Waals surface area (Å²) in [6, 6.07) is 4.93. The Bertz CT molecular complexity index is 505. The van der Waals surface area contributed by atoms with Crippen molar-refractivity contribution >= 4 is 34.5 Å². The molecule has 0 bridgehead atoms. The number of methoxy groups -OCH3 is 1. The minimum Gasteiger partial charge on any atom is -0.468 e. The number of nitrogens with one attached hydrogen (secondary N) is 1. The number of esters is 1. The van der Waals surface area contributed by atoms with Crippen molar-refractivity contribution in [3.63, 3.8) is 0 Å². The molecule has 2 rings (SSSR count). The van der Waals surface area contributed by atoms with Crippen LogP contribution in [0.5, 0.6) is 11.5 Å². The highest BCUT2D eigenvalue weighted by atomic mass is 127. The molecule has 0 fully saturated rings. The van der Waals surface area contributed by atoms with Crippen molar-refractivity contribution in [3.8, 4) is 11.5 Å². The fourth-order valence-electron chi connectivity index (χ4n) is 1.53. The average Bonchev–Trinajstić information content (AvgIpc) is 2.90. The summed E-state index contributed by atoms with van der Waals surface area (Å²) in [4.78, 5) is 23.1. The van der Waals surface area contributed by atoms with E-state index < -0.39 is 3.92 Å². The lowest BCUT2D eigenvalue weighted by molar-refractivity contribution is -0.139. The Labute approximate surface area is 123 Å². The van der Waals surface area contributed by atoms with Crippen LogP contribution in [0.1, 0.15) is 10.4 Å². The lowest BCUT2D eigenvalue weighted by Crippen LogP contribution is -2.33. The maximum Gasteiger partial charge on any atom is 0.320 e. The van der Waals surface area contributed by atoms with Crippen LogP contribution in [0.2, 0.25) is 0 Å². The van der Waals surface area contributed by atoms with Gasteiger partial charge >= 0.3 is 5.97 Å². The van der Waals surface area contributed by atoms with Crippen molar-refractivity contribution in [1.82, 2.24) is 5.32 Å². The van der Waals surface area contributed by atoms with Crippen LogP contribution in [0.4, 0.5) is 0 Å². The zero-order chi connectivity index (χ0) is 13.8. The summed E-state index contributed by atoms with van der Waals surface area (Å²) < 4.78 is 14.5. The molecule has 6 nitrogen and oxygen atoms in total. The number of carbonyl (C=O) groups excluding carboxylic acids is 2. The standard InChI is InChI=1S/C12H12INO5/c1-17-12(16)8(13)5-14-11(15)7-2-3-9-10(4-7)19-6-18-9/h2-4,8H,5-6H2,1H3,(H,14,15). The van der Waals surface area contributed by atoms with Gasteiger partial charge in [0.1, 0.15) is 3.92 Å². The second-order valence-corrected chi connectivity index (χ2v) is 5.27. The highest BCUT2D eigenvalue weighted by Crippen LogP contribution is 2.32. The highest BCUT2D eigenvalue weighted by molar-refractivity contribution is 14.1. The number of halogens is 1. The van der Waals surface area contributed by atoms with Crippen molar-refractivity contribution in [2.24, 2.45) is 0 Å². The first-order valence-electron chi connectivity index (χ1n) is 5.51. The van der Waals surface area contributed by atoms with E-state index in [0.717, 1.165) is 0 Å². The molecule has 1 aromatic rings. The highest BCUT2D eigenvalue weighted by Gasteiger charge is 2.19. The predicted molar refractivity (Wildman–Crippen MR) is 74.7 cm³/mol. The van der Waals surface area contributed by atoms with Gasteiger partial charge in [-0.1, -0.05) is 22.6 Å². The topological polar surface area (TPSA) is 73.9 Å². The van der Waals surface area contributed by atoms with Gasteiger partial charge in [0.05, 0.1) is 7.11 Å². The Kier molecular flexibility index (Phi) is 4.46. The molecule has 102 valence electrons. The van der Waals surface area contributed by atoms with Crippen LogP contribution in [0.3, 0.4) is 0 Å². The van der Waals surface area contributed by atoms with Gasteiger partial charge in [0, 0.05) is 12.1 Å². The molecule has 0 radical (unpaired) electrons. The van der Waals surface area contributed by atoms with Crippen LogP contribution in [0.25, 0.3) is 0 Å². The molecule has 0 spiro atoms. The summed E-state index contributed by atoms with van der Waals surface area (Å²) in [5.74, 6) is 0.528. The average molecular weight is 377 g/mol. The number of amides is 1. The maximum absolute atomic E-state index is 11.9. The fourth-order valence-corrected chi connectivity index (χ4v) is 2.01. The van der Waals surface area contributed by atoms with Gasteiger partial charge in [-0.2, -0.15) is 0 Å². The number of ether oxygens (including phenoxy) is 3. The van der Waals surface area contributed by atoms with Crippen LogP contribution in [-0.2, 0) is 9.53 Å². The van der Waals surface area contributed by atoms with Gasteiger partial charge in [-0.15, -0.1) is 0 Å². The molecule has 0 aliphatic carbocycles. The van der Waals surface area contributed by atoms with Crippen molar-refractivity contribution in [2.75, 3.05) is 20.4 Å². The zero-order valence-electron chi connectivity index (χ0n) is 10.1. The molecular weight excluding hydrogens is 365 g/mol. The van der Waals surface area contributed by atoms with Gasteiger partial charge in [0.2, 0.25) is 6.79 Å². The Morgan fingerprint density at radius 3 is 2.89 bits per heavy atom. The van der Waals surface area contributed by atoms with Gasteiger partial charge in [0.15, 0.2) is 11.5 Å². The molecule has 0 aromatic heterocycles. The lowest BCUT2D eigenvalue weighted by atomic mass is 10.2. The van der Waals surface area contributed by atoms with E-state index in [1.165, 1.54) is 7.11 Å². The molecule has 1 unspecified atom stereocenters. The van der Waals surface area contributed by atoms with Crippen LogP contribution in [-0.4, -0.2) is 36.2 Å². The first kappa shape index (κ1) is 13.9. The molecule has 1 aliphatic heterocycles. The van der Waals surface area contributed by atoms with E-state index in [-0.39, 0.29) is 25.2 Å². The zero-order valence-corrected chi connectivity index (χ0v) is 12.3. The molecule has 1 atom stereocenters. The van der Waals surface area contributed by atoms with Crippen molar-refractivity contribution in [3.05, 3.63) is 23.8 Å². The quantitative estimate of drug-likeness (QED) is 0.484. The number of hydrogen-bond donors (Lipinski definition) is 1. The lowest BCUT2D eigenvalue weighted by Gasteiger charge is -2.09. The van der Waals surface area contributed by atoms with E-state index >= 15 is 0 Å². The molecule has 1 N–H and O–H groups in total. The Morgan fingerprint density at radius 1 is 1.42 bits per heavy atom. The fraction of sp³-hybridized carbons (Fsp3) is 0.333. The molecular formula is C12H12INO5. The number of hydrogen-bond acceptors (Lipinski definition) is 5. The third-order valence-electron chi connectivity index (χ3n) is 2.53. The Hall–Kier alpha value is -1.51. The normalized spacial score (nSPS) is 13.8. The van der Waals surface area contributed by atoms with E-state index in [9.17, 15) is 9.59 Å². The summed E-state index contributed by atoms with van der Waals surface area (Å²) in [6.45, 7) is 0.374. The van der Waals surface area contributed by atoms with E-state index in [4.69, 9.17) is 9.47 Å². The van der Waals surface area contributed by atoms with Crippen molar-refractivity contribution < 1.29 is 23.8 Å². The largest absolute Gasteiger partial charge is 0.468 e. The van der Waals surface area contributed by atoms with Crippen LogP contribution < -0.4 is 14.8 Å². The molecule has 0 saturated heterocycles. The van der Waals surface area contributed by atoms with E-state index in [1.807, 2.05) is 22.6 Å². The van der Waals surface area contributed by atoms with Gasteiger partial charge < -0.3 is 19.5 Å². The Balaban J connectivity index is 1.95. The third-order valence-corrected chi connectivity index (χ3v) is 3.48. The van der Waals surface area contributed by atoms with Crippen LogP contribution in [0.15, 0.2) is 18.2 Å². The maximum atomic E-state index is 11.9. The van der Waals surface area contributed by atoms with E-state index in [1.54, 1.807) is 18.2 Å². The SMILES string of the molecule is COC(=O)C(I)CNC(=O)c1ccc2c(c1)OCO2. The number of carbonyl (C=O) groups is 2. The summed E-state index contributed by atoms with van der Waals surface area (Å²) in [6.07, 6.45) is 0. The van der Waals surface area contributed by atoms with E-state index in [2.05, 4.69) is 10.1 Å². The van der Waals surface area contributed by atoms with Crippen molar-refractivity contribution in [2.45, 2.75) is 3.92 Å². The first-order valence-corrected chi connectivity index (χ1v) is 6.76. The monoisotopic (exact) mass is 377 g/mol. The Morgan fingerprint density at radius 2 is 2.16 bits per heavy atom. The number of alkyl halides is 1. The minimum absolute atomic E-state index is 0.165. The molecule has 0 saturated carbocycles. The second-order valence-electron chi connectivity index (χ2n) is 3.77. The summed E-state index contributed by atoms with van der Waals surface area (Å²) in [5.41, 5.74) is 0.456. The summed E-state index contributed by atoms with van der Waals surface area (Å²) in [7, 11) is 1.31. The molecule has 1 heterocycles. The molecule has 1 aromatic carbocycles. The van der Waals surface area contributed by atoms with Gasteiger partial charge in [-0.3, -0.25) is 9.59 Å². The number of fused-ring (bicyclic) bond motifs is 1. The van der Waals surface area contributed by atoms with Gasteiger partial charge in [-0.25, -0.2) is 0 Å². The predicted octanol–water partition coefficient (Wildman–Crippen LogP) is 1.12. The van der Waals surface area contributed by atoms with Gasteiger partial charge in [-0.05, 0) is 18.2 Å². The first-order chi connectivity index (χ1) is 9.11. The van der Waals surface area contributed by atoms with Gasteiger partial charge in [0.25, 0.3) is 5.91 Å². The summed E-state index contributed by atoms with van der Waals surface area (Å²) in [5, 5.41) is 2.66. The molecule has 1 amide bonds. The van der Waals surface area contributed by atoms with Crippen molar-refractivity contribution in [1.29, 1.82) is 0 Å². The minimum atomic E-state index is -0.416.